The van der Waals surface area contributed by atoms with Gasteiger partial charge in [-0.25, -0.2) is 0 Å². The fourth-order valence-electron chi connectivity index (χ4n) is 1.23. The van der Waals surface area contributed by atoms with Gasteiger partial charge in [-0.2, -0.15) is 0 Å². The first-order valence-electron chi connectivity index (χ1n) is 4.84. The molecule has 82 valence electrons. The lowest BCUT2D eigenvalue weighted by atomic mass is 10.1. The van der Waals surface area contributed by atoms with E-state index in [2.05, 4.69) is 26.6 Å². The number of nitrogens with one attached hydrogen (secondary N) is 2. The Bertz CT molecular complexity index is 341. The summed E-state index contributed by atoms with van der Waals surface area (Å²) in [5.74, 6) is -0.00330. The Kier molecular flexibility index (Phi) is 4.78. The van der Waals surface area contributed by atoms with E-state index >= 15 is 0 Å². The molecule has 2 N–H and O–H groups in total. The first-order chi connectivity index (χ1) is 7.13. The predicted molar refractivity (Wildman–Crippen MR) is 65.9 cm³/mol. The SMILES string of the molecule is CNCC(C)C(=O)Nc1cccc(Br)c1. The van der Waals surface area contributed by atoms with Gasteiger partial charge in [0.25, 0.3) is 0 Å². The molecule has 1 aromatic carbocycles. The van der Waals surface area contributed by atoms with Crippen LogP contribution in [-0.4, -0.2) is 19.5 Å². The quantitative estimate of drug-likeness (QED) is 0.881. The summed E-state index contributed by atoms with van der Waals surface area (Å²) in [6.45, 7) is 2.57. The van der Waals surface area contributed by atoms with E-state index in [4.69, 9.17) is 0 Å². The first kappa shape index (κ1) is 12.2. The van der Waals surface area contributed by atoms with E-state index in [0.29, 0.717) is 6.54 Å². The Labute approximate surface area is 98.4 Å². The predicted octanol–water partition coefficient (Wildman–Crippen LogP) is 2.24. The summed E-state index contributed by atoms with van der Waals surface area (Å²) in [6, 6.07) is 7.56. The molecule has 1 amide bonds. The molecule has 0 aliphatic heterocycles. The Morgan fingerprint density at radius 2 is 2.27 bits per heavy atom. The Morgan fingerprint density at radius 1 is 1.53 bits per heavy atom. The highest BCUT2D eigenvalue weighted by Crippen LogP contribution is 2.16. The Morgan fingerprint density at radius 3 is 2.87 bits per heavy atom. The van der Waals surface area contributed by atoms with Crippen LogP contribution in [0.25, 0.3) is 0 Å². The van der Waals surface area contributed by atoms with Crippen molar-refractivity contribution in [1.82, 2.24) is 5.32 Å². The van der Waals surface area contributed by atoms with E-state index < -0.39 is 0 Å². The van der Waals surface area contributed by atoms with Crippen LogP contribution in [0.4, 0.5) is 5.69 Å². The van der Waals surface area contributed by atoms with Crippen LogP contribution in [0.5, 0.6) is 0 Å². The monoisotopic (exact) mass is 270 g/mol. The third-order valence-electron chi connectivity index (χ3n) is 2.05. The standard InChI is InChI=1S/C11H15BrN2O/c1-8(7-13-2)11(15)14-10-5-3-4-9(12)6-10/h3-6,8,13H,7H2,1-2H3,(H,14,15). The van der Waals surface area contributed by atoms with E-state index in [0.717, 1.165) is 10.2 Å². The molecule has 0 spiro atoms. The Hall–Kier alpha value is -0.870. The second-order valence-corrected chi connectivity index (χ2v) is 4.37. The zero-order valence-electron chi connectivity index (χ0n) is 8.88. The van der Waals surface area contributed by atoms with Crippen LogP contribution >= 0.6 is 15.9 Å². The Balaban J connectivity index is 2.58. The molecule has 1 aromatic rings. The molecule has 0 saturated heterocycles. The lowest BCUT2D eigenvalue weighted by molar-refractivity contribution is -0.119. The average Bonchev–Trinajstić information content (AvgIpc) is 2.18. The molecule has 15 heavy (non-hydrogen) atoms. The van der Waals surface area contributed by atoms with Crippen molar-refractivity contribution in [2.24, 2.45) is 5.92 Å². The smallest absolute Gasteiger partial charge is 0.228 e. The molecular formula is C11H15BrN2O. The number of anilines is 1. The lowest BCUT2D eigenvalue weighted by Gasteiger charge is -2.11. The molecule has 1 atom stereocenters. The molecule has 0 radical (unpaired) electrons. The number of benzene rings is 1. The van der Waals surface area contributed by atoms with Gasteiger partial charge in [0.2, 0.25) is 5.91 Å². The molecule has 0 aromatic heterocycles. The van der Waals surface area contributed by atoms with Crippen LogP contribution in [0.3, 0.4) is 0 Å². The molecule has 0 fully saturated rings. The molecule has 0 saturated carbocycles. The van der Waals surface area contributed by atoms with Gasteiger partial charge in [-0.1, -0.05) is 28.9 Å². The number of hydrogen-bond donors (Lipinski definition) is 2. The van der Waals surface area contributed by atoms with Crippen molar-refractivity contribution in [3.63, 3.8) is 0 Å². The minimum atomic E-state index is -0.0334. The average molecular weight is 271 g/mol. The van der Waals surface area contributed by atoms with E-state index in [1.54, 1.807) is 0 Å². The van der Waals surface area contributed by atoms with Crippen molar-refractivity contribution in [1.29, 1.82) is 0 Å². The number of carbonyl (C=O) groups is 1. The van der Waals surface area contributed by atoms with E-state index in [-0.39, 0.29) is 11.8 Å². The second-order valence-electron chi connectivity index (χ2n) is 3.46. The van der Waals surface area contributed by atoms with E-state index in [1.165, 1.54) is 0 Å². The molecular weight excluding hydrogens is 256 g/mol. The summed E-state index contributed by atoms with van der Waals surface area (Å²) in [5.41, 5.74) is 0.817. The normalized spacial score (nSPS) is 12.2. The van der Waals surface area contributed by atoms with Crippen LogP contribution in [0.1, 0.15) is 6.92 Å². The van der Waals surface area contributed by atoms with E-state index in [9.17, 15) is 4.79 Å². The summed E-state index contributed by atoms with van der Waals surface area (Å²) in [4.78, 5) is 11.6. The van der Waals surface area contributed by atoms with Crippen molar-refractivity contribution in [2.45, 2.75) is 6.92 Å². The zero-order valence-corrected chi connectivity index (χ0v) is 10.5. The zero-order chi connectivity index (χ0) is 11.3. The maximum absolute atomic E-state index is 11.6. The van der Waals surface area contributed by atoms with Crippen LogP contribution in [0.15, 0.2) is 28.7 Å². The lowest BCUT2D eigenvalue weighted by Crippen LogP contribution is -2.28. The van der Waals surface area contributed by atoms with Crippen molar-refractivity contribution in [3.05, 3.63) is 28.7 Å². The molecule has 0 aliphatic rings. The number of carbonyl (C=O) groups excluding carboxylic acids is 1. The molecule has 1 rings (SSSR count). The van der Waals surface area contributed by atoms with Crippen LogP contribution in [-0.2, 0) is 4.79 Å². The topological polar surface area (TPSA) is 41.1 Å². The number of rotatable bonds is 4. The van der Waals surface area contributed by atoms with Gasteiger partial charge in [-0.05, 0) is 25.2 Å². The molecule has 3 nitrogen and oxygen atoms in total. The third kappa shape index (κ3) is 4.01. The number of hydrogen-bond acceptors (Lipinski definition) is 2. The van der Waals surface area contributed by atoms with Gasteiger partial charge in [0, 0.05) is 22.6 Å². The van der Waals surface area contributed by atoms with Crippen molar-refractivity contribution in [2.75, 3.05) is 18.9 Å². The van der Waals surface area contributed by atoms with Crippen LogP contribution in [0, 0.1) is 5.92 Å². The first-order valence-corrected chi connectivity index (χ1v) is 5.64. The van der Waals surface area contributed by atoms with Crippen LogP contribution < -0.4 is 10.6 Å². The van der Waals surface area contributed by atoms with Gasteiger partial charge in [0.1, 0.15) is 0 Å². The summed E-state index contributed by atoms with van der Waals surface area (Å²) < 4.78 is 0.960. The maximum Gasteiger partial charge on any atom is 0.228 e. The minimum Gasteiger partial charge on any atom is -0.326 e. The molecule has 0 heterocycles. The maximum atomic E-state index is 11.6. The van der Waals surface area contributed by atoms with Crippen molar-refractivity contribution < 1.29 is 4.79 Å². The van der Waals surface area contributed by atoms with Gasteiger partial charge in [0.15, 0.2) is 0 Å². The van der Waals surface area contributed by atoms with Gasteiger partial charge < -0.3 is 10.6 Å². The summed E-state index contributed by atoms with van der Waals surface area (Å²) in [6.07, 6.45) is 0. The highest BCUT2D eigenvalue weighted by atomic mass is 79.9. The molecule has 0 bridgehead atoms. The highest BCUT2D eigenvalue weighted by molar-refractivity contribution is 9.10. The molecule has 1 unspecified atom stereocenters. The number of halogens is 1. The number of amides is 1. The largest absolute Gasteiger partial charge is 0.326 e. The summed E-state index contributed by atoms with van der Waals surface area (Å²) in [5, 5.41) is 5.83. The van der Waals surface area contributed by atoms with Gasteiger partial charge >= 0.3 is 0 Å². The third-order valence-corrected chi connectivity index (χ3v) is 2.54. The van der Waals surface area contributed by atoms with E-state index in [1.807, 2.05) is 38.2 Å². The van der Waals surface area contributed by atoms with Gasteiger partial charge in [-0.3, -0.25) is 4.79 Å². The summed E-state index contributed by atoms with van der Waals surface area (Å²) >= 11 is 3.36. The minimum absolute atomic E-state index is 0.0300. The fraction of sp³-hybridized carbons (Fsp3) is 0.364. The second kappa shape index (κ2) is 5.88. The molecule has 0 aliphatic carbocycles. The fourth-order valence-corrected chi connectivity index (χ4v) is 1.63. The van der Waals surface area contributed by atoms with Gasteiger partial charge in [0.05, 0.1) is 0 Å². The summed E-state index contributed by atoms with van der Waals surface area (Å²) in [7, 11) is 1.84. The highest BCUT2D eigenvalue weighted by Gasteiger charge is 2.11. The molecule has 4 heteroatoms. The van der Waals surface area contributed by atoms with Crippen molar-refractivity contribution >= 4 is 27.5 Å². The van der Waals surface area contributed by atoms with Crippen LogP contribution in [0.2, 0.25) is 0 Å². The van der Waals surface area contributed by atoms with Crippen molar-refractivity contribution in [3.8, 4) is 0 Å². The van der Waals surface area contributed by atoms with Gasteiger partial charge in [-0.15, -0.1) is 0 Å².